The Labute approximate surface area is 201 Å². The van der Waals surface area contributed by atoms with Gasteiger partial charge in [-0.2, -0.15) is 0 Å². The zero-order chi connectivity index (χ0) is 24.7. The molecule has 0 aliphatic rings. The number of sulfonamides is 1. The van der Waals surface area contributed by atoms with Gasteiger partial charge in [0.2, 0.25) is 11.8 Å². The minimum absolute atomic E-state index is 0.0798. The van der Waals surface area contributed by atoms with E-state index in [1.807, 2.05) is 31.2 Å². The van der Waals surface area contributed by atoms with E-state index in [4.69, 9.17) is 0 Å². The maximum absolute atomic E-state index is 13.6. The minimum Gasteiger partial charge on any atom is -0.357 e. The topological polar surface area (TPSA) is 86.8 Å². The van der Waals surface area contributed by atoms with E-state index in [0.29, 0.717) is 5.69 Å². The second kappa shape index (κ2) is 11.0. The predicted octanol–water partition coefficient (Wildman–Crippen LogP) is 3.35. The van der Waals surface area contributed by atoms with E-state index in [1.54, 1.807) is 55.5 Å². The number of anilines is 1. The van der Waals surface area contributed by atoms with E-state index in [1.165, 1.54) is 24.1 Å². The summed E-state index contributed by atoms with van der Waals surface area (Å²) in [4.78, 5) is 27.5. The minimum atomic E-state index is -4.03. The van der Waals surface area contributed by atoms with Crippen molar-refractivity contribution in [3.8, 4) is 0 Å². The van der Waals surface area contributed by atoms with Gasteiger partial charge in [0, 0.05) is 13.6 Å². The van der Waals surface area contributed by atoms with E-state index in [9.17, 15) is 18.0 Å². The normalized spacial score (nSPS) is 12.0. The molecule has 0 saturated heterocycles. The fourth-order valence-electron chi connectivity index (χ4n) is 3.64. The summed E-state index contributed by atoms with van der Waals surface area (Å²) >= 11 is 0. The van der Waals surface area contributed by atoms with Crippen molar-refractivity contribution in [2.45, 2.75) is 31.3 Å². The van der Waals surface area contributed by atoms with Crippen molar-refractivity contribution in [2.75, 3.05) is 17.9 Å². The smallest absolute Gasteiger partial charge is 0.264 e. The predicted molar refractivity (Wildman–Crippen MR) is 133 cm³/mol. The van der Waals surface area contributed by atoms with Crippen molar-refractivity contribution in [1.29, 1.82) is 0 Å². The van der Waals surface area contributed by atoms with Crippen molar-refractivity contribution in [2.24, 2.45) is 0 Å². The molecule has 8 heteroatoms. The number of rotatable bonds is 9. The van der Waals surface area contributed by atoms with E-state index >= 15 is 0 Å². The average Bonchev–Trinajstić information content (AvgIpc) is 2.85. The van der Waals surface area contributed by atoms with Gasteiger partial charge in [-0.3, -0.25) is 13.9 Å². The van der Waals surface area contributed by atoms with Gasteiger partial charge >= 0.3 is 0 Å². The molecule has 7 nitrogen and oxygen atoms in total. The highest BCUT2D eigenvalue weighted by atomic mass is 32.2. The van der Waals surface area contributed by atoms with Crippen LogP contribution >= 0.6 is 0 Å². The van der Waals surface area contributed by atoms with Crippen LogP contribution in [0.1, 0.15) is 18.1 Å². The SMILES string of the molecule is CNC(=O)C(C)N(Cc1cccc(C)c1)C(=O)CN(c1ccccc1)S(=O)(=O)c1ccccc1. The van der Waals surface area contributed by atoms with Gasteiger partial charge in [0.1, 0.15) is 12.6 Å². The van der Waals surface area contributed by atoms with Gasteiger partial charge in [-0.15, -0.1) is 0 Å². The highest BCUT2D eigenvalue weighted by Gasteiger charge is 2.32. The molecule has 1 atom stereocenters. The molecule has 0 aliphatic heterocycles. The van der Waals surface area contributed by atoms with E-state index in [-0.39, 0.29) is 17.3 Å². The van der Waals surface area contributed by atoms with Crippen molar-refractivity contribution in [3.05, 3.63) is 96.1 Å². The summed E-state index contributed by atoms with van der Waals surface area (Å²) in [6.07, 6.45) is 0. The summed E-state index contributed by atoms with van der Waals surface area (Å²) in [6.45, 7) is 3.30. The standard InChI is InChI=1S/C26H29N3O4S/c1-20-11-10-12-22(17-20)18-28(21(2)26(31)27-3)25(30)19-29(23-13-6-4-7-14-23)34(32,33)24-15-8-5-9-16-24/h4-17,21H,18-19H2,1-3H3,(H,27,31). The monoisotopic (exact) mass is 479 g/mol. The molecule has 2 amide bonds. The van der Waals surface area contributed by atoms with Gasteiger partial charge in [0.15, 0.2) is 0 Å². The van der Waals surface area contributed by atoms with Crippen LogP contribution in [0.4, 0.5) is 5.69 Å². The highest BCUT2D eigenvalue weighted by Crippen LogP contribution is 2.24. The summed E-state index contributed by atoms with van der Waals surface area (Å²) < 4.78 is 28.1. The van der Waals surface area contributed by atoms with Crippen LogP contribution in [0.25, 0.3) is 0 Å². The van der Waals surface area contributed by atoms with Crippen LogP contribution in [0.15, 0.2) is 89.8 Å². The van der Waals surface area contributed by atoms with Crippen molar-refractivity contribution >= 4 is 27.5 Å². The van der Waals surface area contributed by atoms with Gasteiger partial charge in [-0.05, 0) is 43.7 Å². The second-order valence-electron chi connectivity index (χ2n) is 7.96. The fraction of sp³-hybridized carbons (Fsp3) is 0.231. The van der Waals surface area contributed by atoms with Crippen molar-refractivity contribution in [3.63, 3.8) is 0 Å². The molecule has 3 aromatic rings. The molecular formula is C26H29N3O4S. The maximum atomic E-state index is 13.6. The lowest BCUT2D eigenvalue weighted by Gasteiger charge is -2.31. The highest BCUT2D eigenvalue weighted by molar-refractivity contribution is 7.92. The van der Waals surface area contributed by atoms with Gasteiger partial charge in [0.25, 0.3) is 10.0 Å². The number of amides is 2. The number of carbonyl (C=O) groups is 2. The number of para-hydroxylation sites is 1. The number of carbonyl (C=O) groups excluding carboxylic acids is 2. The first kappa shape index (κ1) is 25.0. The van der Waals surface area contributed by atoms with E-state index < -0.39 is 28.5 Å². The zero-order valence-corrected chi connectivity index (χ0v) is 20.3. The fourth-order valence-corrected chi connectivity index (χ4v) is 5.08. The summed E-state index contributed by atoms with van der Waals surface area (Å²) in [6, 6.07) is 23.3. The molecule has 1 unspecified atom stereocenters. The van der Waals surface area contributed by atoms with Crippen LogP contribution < -0.4 is 9.62 Å². The maximum Gasteiger partial charge on any atom is 0.264 e. The Morgan fingerprint density at radius 3 is 2.12 bits per heavy atom. The van der Waals surface area contributed by atoms with Gasteiger partial charge in [-0.1, -0.05) is 66.2 Å². The molecule has 0 fully saturated rings. The molecule has 178 valence electrons. The number of likely N-dealkylation sites (N-methyl/N-ethyl adjacent to an activating group) is 1. The van der Waals surface area contributed by atoms with Crippen LogP contribution in [0, 0.1) is 6.92 Å². The molecule has 0 spiro atoms. The number of nitrogens with one attached hydrogen (secondary N) is 1. The molecule has 0 bridgehead atoms. The summed E-state index contributed by atoms with van der Waals surface area (Å²) in [5, 5.41) is 2.57. The van der Waals surface area contributed by atoms with Crippen LogP contribution in [0.2, 0.25) is 0 Å². The van der Waals surface area contributed by atoms with E-state index in [0.717, 1.165) is 15.4 Å². The third kappa shape index (κ3) is 5.82. The Bertz CT molecular complexity index is 1230. The third-order valence-corrected chi connectivity index (χ3v) is 7.29. The quantitative estimate of drug-likeness (QED) is 0.510. The average molecular weight is 480 g/mol. The second-order valence-corrected chi connectivity index (χ2v) is 9.82. The summed E-state index contributed by atoms with van der Waals surface area (Å²) in [5.74, 6) is -0.820. The van der Waals surface area contributed by atoms with Crippen molar-refractivity contribution in [1.82, 2.24) is 10.2 Å². The first-order valence-electron chi connectivity index (χ1n) is 10.9. The Hall–Kier alpha value is -3.65. The molecule has 0 aliphatic carbocycles. The Morgan fingerprint density at radius 1 is 0.912 bits per heavy atom. The van der Waals surface area contributed by atoms with Gasteiger partial charge in [-0.25, -0.2) is 8.42 Å². The lowest BCUT2D eigenvalue weighted by atomic mass is 10.1. The molecule has 3 aromatic carbocycles. The molecule has 0 saturated carbocycles. The first-order valence-corrected chi connectivity index (χ1v) is 12.4. The first-order chi connectivity index (χ1) is 16.2. The molecule has 0 aromatic heterocycles. The number of nitrogens with zero attached hydrogens (tertiary/aromatic N) is 2. The third-order valence-electron chi connectivity index (χ3n) is 5.50. The Kier molecular flexibility index (Phi) is 8.07. The molecule has 34 heavy (non-hydrogen) atoms. The number of benzene rings is 3. The molecule has 3 rings (SSSR count). The van der Waals surface area contributed by atoms with Crippen molar-refractivity contribution < 1.29 is 18.0 Å². The lowest BCUT2D eigenvalue weighted by molar-refractivity contribution is -0.139. The number of hydrogen-bond acceptors (Lipinski definition) is 4. The van der Waals surface area contributed by atoms with Gasteiger partial charge < -0.3 is 10.2 Å². The number of hydrogen-bond donors (Lipinski definition) is 1. The van der Waals surface area contributed by atoms with Crippen LogP contribution in [0.5, 0.6) is 0 Å². The summed E-state index contributed by atoms with van der Waals surface area (Å²) in [5.41, 5.74) is 2.24. The molecule has 0 radical (unpaired) electrons. The van der Waals surface area contributed by atoms with Crippen LogP contribution in [0.3, 0.4) is 0 Å². The van der Waals surface area contributed by atoms with Crippen LogP contribution in [-0.2, 0) is 26.2 Å². The van der Waals surface area contributed by atoms with Gasteiger partial charge in [0.05, 0.1) is 10.6 Å². The molecule has 1 N–H and O–H groups in total. The van der Waals surface area contributed by atoms with E-state index in [2.05, 4.69) is 5.32 Å². The summed E-state index contributed by atoms with van der Waals surface area (Å²) in [7, 11) is -2.52. The zero-order valence-electron chi connectivity index (χ0n) is 19.5. The largest absolute Gasteiger partial charge is 0.357 e. The molecule has 0 heterocycles. The Balaban J connectivity index is 1.99. The molecular weight excluding hydrogens is 450 g/mol. The Morgan fingerprint density at radius 2 is 1.53 bits per heavy atom. The lowest BCUT2D eigenvalue weighted by Crippen LogP contribution is -2.50. The number of aryl methyl sites for hydroxylation is 1. The van der Waals surface area contributed by atoms with Crippen LogP contribution in [-0.4, -0.2) is 44.8 Å².